The van der Waals surface area contributed by atoms with Crippen LogP contribution in [0.5, 0.6) is 0 Å². The van der Waals surface area contributed by atoms with Crippen LogP contribution in [0.3, 0.4) is 0 Å². The summed E-state index contributed by atoms with van der Waals surface area (Å²) in [6, 6.07) is 1.76. The Morgan fingerprint density at radius 1 is 1.24 bits per heavy atom. The summed E-state index contributed by atoms with van der Waals surface area (Å²) >= 11 is 0. The van der Waals surface area contributed by atoms with E-state index in [0.29, 0.717) is 18.3 Å². The van der Waals surface area contributed by atoms with Crippen molar-refractivity contribution in [2.75, 3.05) is 6.61 Å². The summed E-state index contributed by atoms with van der Waals surface area (Å²) < 4.78 is 15.6. The molecule has 1 aromatic rings. The molecule has 0 saturated heterocycles. The van der Waals surface area contributed by atoms with Gasteiger partial charge >= 0.3 is 11.9 Å². The summed E-state index contributed by atoms with van der Waals surface area (Å²) in [5.41, 5.74) is 0.985. The molecule has 0 radical (unpaired) electrons. The van der Waals surface area contributed by atoms with Gasteiger partial charge in [-0.25, -0.2) is 4.79 Å². The molecule has 0 spiro atoms. The quantitative estimate of drug-likeness (QED) is 0.777. The van der Waals surface area contributed by atoms with Crippen molar-refractivity contribution in [1.29, 1.82) is 0 Å². The molecule has 0 amide bonds. The molecule has 1 aliphatic carbocycles. The maximum atomic E-state index is 11.8. The second-order valence-electron chi connectivity index (χ2n) is 5.32. The van der Waals surface area contributed by atoms with Gasteiger partial charge in [0.15, 0.2) is 0 Å². The lowest BCUT2D eigenvalue weighted by Gasteiger charge is -2.21. The molecule has 0 unspecified atom stereocenters. The fourth-order valence-electron chi connectivity index (χ4n) is 2.78. The second kappa shape index (κ2) is 7.29. The predicted octanol–water partition coefficient (Wildman–Crippen LogP) is 3.57. The lowest BCUT2D eigenvalue weighted by atomic mass is 9.84. The SMILES string of the molecule is CCOC(=O)c1cc(C2CCCCC2)c(COC(C)=O)o1. The van der Waals surface area contributed by atoms with Gasteiger partial charge in [-0.1, -0.05) is 19.3 Å². The molecule has 1 heterocycles. The fourth-order valence-corrected chi connectivity index (χ4v) is 2.78. The number of hydrogen-bond acceptors (Lipinski definition) is 5. The molecule has 0 aromatic carbocycles. The third-order valence-electron chi connectivity index (χ3n) is 3.77. The average molecular weight is 294 g/mol. The molecule has 1 aliphatic rings. The van der Waals surface area contributed by atoms with Gasteiger partial charge in [-0.05, 0) is 31.7 Å². The van der Waals surface area contributed by atoms with E-state index in [1.165, 1.54) is 26.2 Å². The first-order valence-electron chi connectivity index (χ1n) is 7.55. The first-order chi connectivity index (χ1) is 10.1. The largest absolute Gasteiger partial charge is 0.460 e. The average Bonchev–Trinajstić information content (AvgIpc) is 2.90. The highest BCUT2D eigenvalue weighted by atomic mass is 16.6. The first-order valence-corrected chi connectivity index (χ1v) is 7.55. The number of carbonyl (C=O) groups is 2. The van der Waals surface area contributed by atoms with E-state index in [1.54, 1.807) is 13.0 Å². The highest BCUT2D eigenvalue weighted by molar-refractivity contribution is 5.86. The lowest BCUT2D eigenvalue weighted by Crippen LogP contribution is -2.07. The number of hydrogen-bond donors (Lipinski definition) is 0. The van der Waals surface area contributed by atoms with Gasteiger partial charge in [-0.3, -0.25) is 4.79 Å². The molecule has 1 aromatic heterocycles. The topological polar surface area (TPSA) is 65.7 Å². The third-order valence-corrected chi connectivity index (χ3v) is 3.77. The summed E-state index contributed by atoms with van der Waals surface area (Å²) in [5, 5.41) is 0. The molecule has 5 nitrogen and oxygen atoms in total. The summed E-state index contributed by atoms with van der Waals surface area (Å²) in [5.74, 6) is 0.304. The minimum atomic E-state index is -0.469. The Morgan fingerprint density at radius 3 is 2.57 bits per heavy atom. The summed E-state index contributed by atoms with van der Waals surface area (Å²) in [6.45, 7) is 3.48. The van der Waals surface area contributed by atoms with Crippen molar-refractivity contribution in [2.24, 2.45) is 0 Å². The molecule has 1 saturated carbocycles. The molecule has 0 atom stereocenters. The van der Waals surface area contributed by atoms with Gasteiger partial charge in [-0.15, -0.1) is 0 Å². The highest BCUT2D eigenvalue weighted by Crippen LogP contribution is 2.36. The zero-order chi connectivity index (χ0) is 15.2. The van der Waals surface area contributed by atoms with E-state index in [9.17, 15) is 9.59 Å². The van der Waals surface area contributed by atoms with Crippen molar-refractivity contribution in [3.63, 3.8) is 0 Å². The standard InChI is InChI=1S/C16H22O5/c1-3-19-16(18)14-9-13(12-7-5-4-6-8-12)15(21-14)10-20-11(2)17/h9,12H,3-8,10H2,1-2H3. The first kappa shape index (κ1) is 15.6. The van der Waals surface area contributed by atoms with Gasteiger partial charge in [0.05, 0.1) is 6.61 Å². The van der Waals surface area contributed by atoms with E-state index in [4.69, 9.17) is 13.9 Å². The number of ether oxygens (including phenoxy) is 2. The summed E-state index contributed by atoms with van der Waals surface area (Å²) in [4.78, 5) is 22.8. The molecule has 5 heteroatoms. The third kappa shape index (κ3) is 4.09. The van der Waals surface area contributed by atoms with Crippen LogP contribution in [-0.4, -0.2) is 18.5 Å². The van der Waals surface area contributed by atoms with Crippen LogP contribution in [0.1, 0.15) is 73.7 Å². The Bertz CT molecular complexity index is 497. The number of carbonyl (C=O) groups excluding carboxylic acids is 2. The number of furan rings is 1. The number of rotatable bonds is 5. The van der Waals surface area contributed by atoms with E-state index < -0.39 is 5.97 Å². The van der Waals surface area contributed by atoms with Crippen molar-refractivity contribution in [3.05, 3.63) is 23.2 Å². The summed E-state index contributed by atoms with van der Waals surface area (Å²) in [7, 11) is 0. The maximum absolute atomic E-state index is 11.8. The van der Waals surface area contributed by atoms with Crippen molar-refractivity contribution >= 4 is 11.9 Å². The normalized spacial score (nSPS) is 15.7. The van der Waals surface area contributed by atoms with Crippen molar-refractivity contribution in [2.45, 2.75) is 58.5 Å². The van der Waals surface area contributed by atoms with Gasteiger partial charge in [0.2, 0.25) is 5.76 Å². The van der Waals surface area contributed by atoms with Crippen LogP contribution < -0.4 is 0 Å². The van der Waals surface area contributed by atoms with E-state index in [-0.39, 0.29) is 18.3 Å². The minimum absolute atomic E-state index is 0.0700. The van der Waals surface area contributed by atoms with Crippen molar-refractivity contribution < 1.29 is 23.5 Å². The van der Waals surface area contributed by atoms with E-state index >= 15 is 0 Å². The van der Waals surface area contributed by atoms with E-state index in [1.807, 2.05) is 0 Å². The second-order valence-corrected chi connectivity index (χ2v) is 5.32. The van der Waals surface area contributed by atoms with Gasteiger partial charge < -0.3 is 13.9 Å². The molecular weight excluding hydrogens is 272 g/mol. The Hall–Kier alpha value is -1.78. The molecule has 0 aliphatic heterocycles. The predicted molar refractivity (Wildman–Crippen MR) is 76.0 cm³/mol. The Balaban J connectivity index is 2.21. The Kier molecular flexibility index (Phi) is 5.42. The Morgan fingerprint density at radius 2 is 1.95 bits per heavy atom. The van der Waals surface area contributed by atoms with Crippen molar-refractivity contribution in [1.82, 2.24) is 0 Å². The molecular formula is C16H22O5. The minimum Gasteiger partial charge on any atom is -0.460 e. The van der Waals surface area contributed by atoms with Crippen LogP contribution in [0.15, 0.2) is 10.5 Å². The smallest absolute Gasteiger partial charge is 0.374 e. The van der Waals surface area contributed by atoms with Crippen LogP contribution in [0.2, 0.25) is 0 Å². The molecule has 2 rings (SSSR count). The zero-order valence-corrected chi connectivity index (χ0v) is 12.6. The van der Waals surface area contributed by atoms with Crippen LogP contribution in [-0.2, 0) is 20.9 Å². The van der Waals surface area contributed by atoms with E-state index in [2.05, 4.69) is 0 Å². The van der Waals surface area contributed by atoms with Gasteiger partial charge in [0.25, 0.3) is 0 Å². The van der Waals surface area contributed by atoms with Crippen LogP contribution in [0.25, 0.3) is 0 Å². The highest BCUT2D eigenvalue weighted by Gasteiger charge is 2.25. The van der Waals surface area contributed by atoms with E-state index in [0.717, 1.165) is 18.4 Å². The van der Waals surface area contributed by atoms with Gasteiger partial charge in [-0.2, -0.15) is 0 Å². The van der Waals surface area contributed by atoms with Crippen molar-refractivity contribution in [3.8, 4) is 0 Å². The van der Waals surface area contributed by atoms with Gasteiger partial charge in [0.1, 0.15) is 12.4 Å². The van der Waals surface area contributed by atoms with Crippen LogP contribution in [0.4, 0.5) is 0 Å². The maximum Gasteiger partial charge on any atom is 0.374 e. The molecule has 116 valence electrons. The van der Waals surface area contributed by atoms with Gasteiger partial charge in [0, 0.05) is 12.5 Å². The number of esters is 2. The summed E-state index contributed by atoms with van der Waals surface area (Å²) in [6.07, 6.45) is 5.76. The fraction of sp³-hybridized carbons (Fsp3) is 0.625. The lowest BCUT2D eigenvalue weighted by molar-refractivity contribution is -0.142. The van der Waals surface area contributed by atoms with Crippen LogP contribution >= 0.6 is 0 Å². The molecule has 0 bridgehead atoms. The molecule has 21 heavy (non-hydrogen) atoms. The molecule has 1 fully saturated rings. The zero-order valence-electron chi connectivity index (χ0n) is 12.6. The monoisotopic (exact) mass is 294 g/mol. The Labute approximate surface area is 124 Å². The molecule has 0 N–H and O–H groups in total. The van der Waals surface area contributed by atoms with Crippen LogP contribution in [0, 0.1) is 0 Å².